The SMILES string of the molecule is CCNC(=NCCN1CCC(C)CC1)N1CCC(OCC)CC1.I. The lowest BCUT2D eigenvalue weighted by Crippen LogP contribution is -2.47. The lowest BCUT2D eigenvalue weighted by molar-refractivity contribution is 0.0263. The summed E-state index contributed by atoms with van der Waals surface area (Å²) >= 11 is 0. The number of aliphatic imine (C=N–C) groups is 1. The summed E-state index contributed by atoms with van der Waals surface area (Å²) in [7, 11) is 0. The largest absolute Gasteiger partial charge is 0.378 e. The molecular weight excluding hydrogens is 415 g/mol. The van der Waals surface area contributed by atoms with E-state index in [1.807, 2.05) is 0 Å². The van der Waals surface area contributed by atoms with Gasteiger partial charge in [0, 0.05) is 32.8 Å². The fourth-order valence-corrected chi connectivity index (χ4v) is 3.48. The van der Waals surface area contributed by atoms with E-state index in [0.717, 1.165) is 64.0 Å². The number of ether oxygens (including phenoxy) is 1. The molecule has 5 nitrogen and oxygen atoms in total. The van der Waals surface area contributed by atoms with Crippen LogP contribution in [0, 0.1) is 5.92 Å². The molecule has 0 radical (unpaired) electrons. The highest BCUT2D eigenvalue weighted by molar-refractivity contribution is 14.0. The van der Waals surface area contributed by atoms with E-state index in [0.29, 0.717) is 6.10 Å². The summed E-state index contributed by atoms with van der Waals surface area (Å²) in [5.74, 6) is 1.99. The summed E-state index contributed by atoms with van der Waals surface area (Å²) in [5, 5.41) is 3.46. The minimum Gasteiger partial charge on any atom is -0.378 e. The molecule has 2 fully saturated rings. The van der Waals surface area contributed by atoms with E-state index in [-0.39, 0.29) is 24.0 Å². The van der Waals surface area contributed by atoms with Gasteiger partial charge in [-0.1, -0.05) is 6.92 Å². The van der Waals surface area contributed by atoms with Crippen molar-refractivity contribution in [1.29, 1.82) is 0 Å². The lowest BCUT2D eigenvalue weighted by Gasteiger charge is -2.34. The standard InChI is InChI=1S/C18H36N4O.HI/c1-4-19-18(22-13-8-17(9-14-22)23-5-2)20-10-15-21-11-6-16(3)7-12-21;/h16-17H,4-15H2,1-3H3,(H,19,20);1H. The second-order valence-corrected chi connectivity index (χ2v) is 6.90. The van der Waals surface area contributed by atoms with Gasteiger partial charge in [-0.25, -0.2) is 0 Å². The zero-order valence-corrected chi connectivity index (χ0v) is 18.1. The molecule has 2 rings (SSSR count). The van der Waals surface area contributed by atoms with Crippen LogP contribution in [0.3, 0.4) is 0 Å². The minimum absolute atomic E-state index is 0. The molecule has 0 aliphatic carbocycles. The molecule has 0 amide bonds. The molecule has 1 N–H and O–H groups in total. The Kier molecular flexibility index (Phi) is 11.3. The predicted octanol–water partition coefficient (Wildman–Crippen LogP) is 2.80. The smallest absolute Gasteiger partial charge is 0.193 e. The third-order valence-corrected chi connectivity index (χ3v) is 5.03. The molecular formula is C18H37IN4O. The van der Waals surface area contributed by atoms with Crippen molar-refractivity contribution in [2.24, 2.45) is 10.9 Å². The summed E-state index contributed by atoms with van der Waals surface area (Å²) in [6.07, 6.45) is 5.35. The highest BCUT2D eigenvalue weighted by atomic mass is 127. The van der Waals surface area contributed by atoms with Gasteiger partial charge >= 0.3 is 0 Å². The molecule has 0 spiro atoms. The highest BCUT2D eigenvalue weighted by Crippen LogP contribution is 2.16. The molecule has 0 bridgehead atoms. The Morgan fingerprint density at radius 1 is 1.08 bits per heavy atom. The van der Waals surface area contributed by atoms with Gasteiger partial charge in [-0.2, -0.15) is 0 Å². The van der Waals surface area contributed by atoms with Crippen LogP contribution in [0.4, 0.5) is 0 Å². The van der Waals surface area contributed by atoms with E-state index in [1.165, 1.54) is 25.9 Å². The molecule has 0 aromatic rings. The van der Waals surface area contributed by atoms with Crippen LogP contribution in [-0.4, -0.2) is 74.3 Å². The number of hydrogen-bond acceptors (Lipinski definition) is 3. The second-order valence-electron chi connectivity index (χ2n) is 6.90. The van der Waals surface area contributed by atoms with Gasteiger partial charge in [0.05, 0.1) is 12.6 Å². The molecule has 0 aromatic carbocycles. The number of guanidine groups is 1. The highest BCUT2D eigenvalue weighted by Gasteiger charge is 2.21. The van der Waals surface area contributed by atoms with Crippen LogP contribution < -0.4 is 5.32 Å². The van der Waals surface area contributed by atoms with Crippen molar-refractivity contribution < 1.29 is 4.74 Å². The number of likely N-dealkylation sites (tertiary alicyclic amines) is 2. The van der Waals surface area contributed by atoms with E-state index in [4.69, 9.17) is 9.73 Å². The van der Waals surface area contributed by atoms with Crippen molar-refractivity contribution in [2.45, 2.75) is 52.6 Å². The van der Waals surface area contributed by atoms with Crippen molar-refractivity contribution in [2.75, 3.05) is 52.4 Å². The van der Waals surface area contributed by atoms with Crippen molar-refractivity contribution in [3.05, 3.63) is 0 Å². The van der Waals surface area contributed by atoms with Gasteiger partial charge in [-0.15, -0.1) is 24.0 Å². The Labute approximate surface area is 165 Å². The Hall–Kier alpha value is -0.0800. The van der Waals surface area contributed by atoms with Crippen LogP contribution in [0.25, 0.3) is 0 Å². The van der Waals surface area contributed by atoms with Gasteiger partial charge in [0.15, 0.2) is 5.96 Å². The summed E-state index contributed by atoms with van der Waals surface area (Å²) < 4.78 is 5.75. The predicted molar refractivity (Wildman–Crippen MR) is 112 cm³/mol. The Bertz CT molecular complexity index is 351. The van der Waals surface area contributed by atoms with Crippen molar-refractivity contribution >= 4 is 29.9 Å². The maximum atomic E-state index is 5.75. The van der Waals surface area contributed by atoms with Gasteiger partial charge in [-0.05, 0) is 58.5 Å². The van der Waals surface area contributed by atoms with Crippen LogP contribution in [0.2, 0.25) is 0 Å². The first-order chi connectivity index (χ1) is 11.2. The Morgan fingerprint density at radius 2 is 1.75 bits per heavy atom. The lowest BCUT2D eigenvalue weighted by atomic mass is 9.99. The van der Waals surface area contributed by atoms with Crippen molar-refractivity contribution in [3.8, 4) is 0 Å². The molecule has 142 valence electrons. The zero-order valence-electron chi connectivity index (χ0n) is 15.8. The van der Waals surface area contributed by atoms with Gasteiger partial charge in [0.25, 0.3) is 0 Å². The number of piperidine rings is 2. The average molecular weight is 452 g/mol. The molecule has 2 aliphatic rings. The third kappa shape index (κ3) is 7.44. The van der Waals surface area contributed by atoms with Gasteiger partial charge < -0.3 is 19.9 Å². The number of nitrogens with one attached hydrogen (secondary N) is 1. The van der Waals surface area contributed by atoms with Gasteiger partial charge in [0.1, 0.15) is 0 Å². The summed E-state index contributed by atoms with van der Waals surface area (Å²) in [5.41, 5.74) is 0. The summed E-state index contributed by atoms with van der Waals surface area (Å²) in [6.45, 7) is 15.0. The normalized spacial score (nSPS) is 21.6. The number of rotatable bonds is 6. The molecule has 0 unspecified atom stereocenters. The second kappa shape index (κ2) is 12.3. The van der Waals surface area contributed by atoms with Crippen LogP contribution in [0.15, 0.2) is 4.99 Å². The maximum Gasteiger partial charge on any atom is 0.193 e. The number of nitrogens with zero attached hydrogens (tertiary/aromatic N) is 3. The number of halogens is 1. The van der Waals surface area contributed by atoms with E-state index >= 15 is 0 Å². The molecule has 0 saturated carbocycles. The van der Waals surface area contributed by atoms with E-state index in [9.17, 15) is 0 Å². The maximum absolute atomic E-state index is 5.75. The number of hydrogen-bond donors (Lipinski definition) is 1. The molecule has 2 saturated heterocycles. The molecule has 24 heavy (non-hydrogen) atoms. The van der Waals surface area contributed by atoms with Gasteiger partial charge in [0.2, 0.25) is 0 Å². The summed E-state index contributed by atoms with van der Waals surface area (Å²) in [4.78, 5) is 9.83. The Morgan fingerprint density at radius 3 is 2.33 bits per heavy atom. The van der Waals surface area contributed by atoms with E-state index in [2.05, 4.69) is 35.9 Å². The van der Waals surface area contributed by atoms with E-state index < -0.39 is 0 Å². The zero-order chi connectivity index (χ0) is 16.5. The third-order valence-electron chi connectivity index (χ3n) is 5.03. The minimum atomic E-state index is 0. The van der Waals surface area contributed by atoms with Crippen LogP contribution in [0.1, 0.15) is 46.5 Å². The molecule has 2 heterocycles. The van der Waals surface area contributed by atoms with Crippen LogP contribution >= 0.6 is 24.0 Å². The quantitative estimate of drug-likeness (QED) is 0.382. The molecule has 2 aliphatic heterocycles. The topological polar surface area (TPSA) is 40.1 Å². The van der Waals surface area contributed by atoms with Crippen LogP contribution in [-0.2, 0) is 4.74 Å². The van der Waals surface area contributed by atoms with Gasteiger partial charge in [-0.3, -0.25) is 4.99 Å². The van der Waals surface area contributed by atoms with Crippen molar-refractivity contribution in [1.82, 2.24) is 15.1 Å². The van der Waals surface area contributed by atoms with Crippen LogP contribution in [0.5, 0.6) is 0 Å². The first kappa shape index (κ1) is 22.0. The fraction of sp³-hybridized carbons (Fsp3) is 0.944. The molecule has 6 heteroatoms. The fourth-order valence-electron chi connectivity index (χ4n) is 3.48. The monoisotopic (exact) mass is 452 g/mol. The average Bonchev–Trinajstić information content (AvgIpc) is 2.57. The molecule has 0 atom stereocenters. The van der Waals surface area contributed by atoms with E-state index in [1.54, 1.807) is 0 Å². The first-order valence-corrected chi connectivity index (χ1v) is 9.60. The molecule has 0 aromatic heterocycles. The first-order valence-electron chi connectivity index (χ1n) is 9.60. The van der Waals surface area contributed by atoms with Crippen molar-refractivity contribution in [3.63, 3.8) is 0 Å². The Balaban J connectivity index is 0.00000288. The summed E-state index contributed by atoms with van der Waals surface area (Å²) in [6, 6.07) is 0.